The Morgan fingerprint density at radius 3 is 2.21 bits per heavy atom. The van der Waals surface area contributed by atoms with Gasteiger partial charge in [0.1, 0.15) is 39.7 Å². The molecule has 232 valence electrons. The van der Waals surface area contributed by atoms with Crippen LogP contribution in [0.4, 0.5) is 0 Å². The van der Waals surface area contributed by atoms with E-state index in [2.05, 4.69) is 11.8 Å². The van der Waals surface area contributed by atoms with E-state index in [9.17, 15) is 9.90 Å². The van der Waals surface area contributed by atoms with Crippen molar-refractivity contribution in [2.75, 3.05) is 53.2 Å². The van der Waals surface area contributed by atoms with E-state index in [0.29, 0.717) is 23.5 Å². The van der Waals surface area contributed by atoms with Crippen LogP contribution in [0.3, 0.4) is 0 Å². The smallest absolute Gasteiger partial charge is 0.196 e. The number of methoxy groups -OCH3 is 1. The highest BCUT2D eigenvalue weighted by Gasteiger charge is 2.17. The van der Waals surface area contributed by atoms with E-state index in [0.717, 1.165) is 88.0 Å². The lowest BCUT2D eigenvalue weighted by Gasteiger charge is -2.26. The Morgan fingerprint density at radius 1 is 1.02 bits per heavy atom. The van der Waals surface area contributed by atoms with Gasteiger partial charge in [0.25, 0.3) is 0 Å². The summed E-state index contributed by atoms with van der Waals surface area (Å²) in [5, 5.41) is 10.2. The lowest BCUT2D eigenvalue weighted by molar-refractivity contribution is 0.0358. The number of halogens is 1. The van der Waals surface area contributed by atoms with Crippen LogP contribution in [0.5, 0.6) is 23.0 Å². The molecule has 1 aromatic heterocycles. The monoisotopic (exact) mass is 603 g/mol. The maximum absolute atomic E-state index is 12.0. The van der Waals surface area contributed by atoms with E-state index < -0.39 is 0 Å². The van der Waals surface area contributed by atoms with Gasteiger partial charge in [0.2, 0.25) is 0 Å². The quantitative estimate of drug-likeness (QED) is 0.180. The Kier molecular flexibility index (Phi) is 15.3. The third kappa shape index (κ3) is 10.9. The van der Waals surface area contributed by atoms with Crippen LogP contribution in [0.2, 0.25) is 0 Å². The van der Waals surface area contributed by atoms with E-state index in [1.165, 1.54) is 19.2 Å². The average molecular weight is 604 g/mol. The highest BCUT2D eigenvalue weighted by Crippen LogP contribution is 2.34. The van der Waals surface area contributed by atoms with Crippen LogP contribution >= 0.6 is 12.4 Å². The highest BCUT2D eigenvalue weighted by atomic mass is 35.5. The summed E-state index contributed by atoms with van der Waals surface area (Å²) in [5.74, 6) is 2.74. The van der Waals surface area contributed by atoms with Crippen LogP contribution in [-0.4, -0.2) is 63.2 Å². The second-order valence-electron chi connectivity index (χ2n) is 10.3. The van der Waals surface area contributed by atoms with Gasteiger partial charge in [-0.1, -0.05) is 25.0 Å². The summed E-state index contributed by atoms with van der Waals surface area (Å²) in [7, 11) is 1.53. The van der Waals surface area contributed by atoms with E-state index in [4.69, 9.17) is 23.4 Å². The number of hydrogen-bond donors (Lipinski definition) is 1. The number of unbranched alkanes of at least 4 members (excludes halogenated alkanes) is 1. The largest absolute Gasteiger partial charge is 0.507 e. The number of hydrogen-bond acceptors (Lipinski definition) is 8. The second kappa shape index (κ2) is 18.4. The third-order valence-electron chi connectivity index (χ3n) is 6.68. The summed E-state index contributed by atoms with van der Waals surface area (Å²) in [6, 6.07) is 10.8. The first-order valence-electron chi connectivity index (χ1n) is 14.4. The number of aryl methyl sites for hydroxylation is 1. The second-order valence-corrected chi connectivity index (χ2v) is 10.3. The van der Waals surface area contributed by atoms with Gasteiger partial charge in [-0.3, -0.25) is 9.69 Å². The summed E-state index contributed by atoms with van der Waals surface area (Å²) in [5.41, 5.74) is 2.07. The van der Waals surface area contributed by atoms with Gasteiger partial charge in [-0.15, -0.1) is 12.4 Å². The Balaban J connectivity index is 0.000000287. The van der Waals surface area contributed by atoms with Crippen molar-refractivity contribution in [3.63, 3.8) is 0 Å². The topological polar surface area (TPSA) is 90.6 Å². The molecule has 1 aliphatic rings. The van der Waals surface area contributed by atoms with Gasteiger partial charge < -0.3 is 28.5 Å². The summed E-state index contributed by atoms with van der Waals surface area (Å²) >= 11 is 0. The molecule has 0 spiro atoms. The van der Waals surface area contributed by atoms with Crippen LogP contribution in [0, 0.1) is 6.92 Å². The Labute approximate surface area is 255 Å². The maximum atomic E-state index is 12.0. The van der Waals surface area contributed by atoms with E-state index in [1.54, 1.807) is 6.92 Å². The number of morpholine rings is 1. The van der Waals surface area contributed by atoms with Crippen molar-refractivity contribution in [1.82, 2.24) is 4.90 Å². The van der Waals surface area contributed by atoms with Gasteiger partial charge in [0.05, 0.1) is 33.5 Å². The number of phenols is 1. The zero-order chi connectivity index (χ0) is 29.6. The number of fused-ring (bicyclic) bond motifs is 1. The molecule has 2 heterocycles. The molecule has 4 rings (SSSR count). The summed E-state index contributed by atoms with van der Waals surface area (Å²) in [6.45, 7) is 14.3. The third-order valence-corrected chi connectivity index (χ3v) is 6.68. The van der Waals surface area contributed by atoms with Crippen LogP contribution < -0.4 is 19.6 Å². The molecule has 1 fully saturated rings. The van der Waals surface area contributed by atoms with Gasteiger partial charge in [-0.05, 0) is 64.3 Å². The molecule has 0 radical (unpaired) electrons. The number of rotatable bonds is 12. The fourth-order valence-electron chi connectivity index (χ4n) is 4.41. The minimum Gasteiger partial charge on any atom is -0.507 e. The lowest BCUT2D eigenvalue weighted by atomic mass is 10.0. The molecule has 0 atom stereocenters. The zero-order valence-corrected chi connectivity index (χ0v) is 26.4. The Hall–Kier alpha value is -3.20. The highest BCUT2D eigenvalue weighted by molar-refractivity contribution is 5.88. The minimum atomic E-state index is -0.248. The van der Waals surface area contributed by atoms with Crippen molar-refractivity contribution < 1.29 is 28.5 Å². The molecule has 2 aromatic carbocycles. The summed E-state index contributed by atoms with van der Waals surface area (Å²) in [4.78, 5) is 14.5. The molecule has 1 N–H and O–H groups in total. The number of allylic oxidation sites excluding steroid dienone is 2. The average Bonchev–Trinajstić information content (AvgIpc) is 2.96. The van der Waals surface area contributed by atoms with Crippen molar-refractivity contribution >= 4 is 23.4 Å². The summed E-state index contributed by atoms with van der Waals surface area (Å²) in [6.07, 6.45) is 5.91. The SMILES string of the molecule is CCCCOc1ccc(OCCCN2CCOCC2)cc1.COc1cc(O)c2c(=O)cc(C)oc2c1CC=C(C)C.Cl. The fourth-order valence-corrected chi connectivity index (χ4v) is 4.41. The van der Waals surface area contributed by atoms with Crippen molar-refractivity contribution in [1.29, 1.82) is 0 Å². The number of nitrogens with zero attached hydrogens (tertiary/aromatic N) is 1. The lowest BCUT2D eigenvalue weighted by Crippen LogP contribution is -2.37. The molecule has 42 heavy (non-hydrogen) atoms. The molecule has 3 aromatic rings. The van der Waals surface area contributed by atoms with E-state index >= 15 is 0 Å². The molecule has 0 bridgehead atoms. The first-order chi connectivity index (χ1) is 19.8. The Morgan fingerprint density at radius 2 is 1.64 bits per heavy atom. The standard InChI is InChI=1S/C17H27NO3.C16H18O4.ClH/c1-2-3-12-20-16-5-7-17(8-6-16)21-13-4-9-18-10-14-19-15-11-18;1-9(2)5-6-11-14(19-4)8-13(18)15-12(17)7-10(3)20-16(11)15;/h5-8H,2-4,9-15H2,1H3;5,7-8,18H,6H2,1-4H3;1H. The molecular formula is C33H46ClNO7. The molecule has 1 aliphatic heterocycles. The number of phenolic OH excluding ortho intramolecular Hbond substituents is 1. The van der Waals surface area contributed by atoms with Gasteiger partial charge >= 0.3 is 0 Å². The van der Waals surface area contributed by atoms with Gasteiger partial charge in [0, 0.05) is 37.3 Å². The Bertz CT molecular complexity index is 1310. The summed E-state index contributed by atoms with van der Waals surface area (Å²) < 4.78 is 27.7. The van der Waals surface area contributed by atoms with Crippen molar-refractivity contribution in [2.45, 2.75) is 53.4 Å². The fraction of sp³-hybridized carbons (Fsp3) is 0.485. The van der Waals surface area contributed by atoms with Gasteiger partial charge in [-0.25, -0.2) is 0 Å². The molecule has 0 amide bonds. The zero-order valence-electron chi connectivity index (χ0n) is 25.6. The predicted molar refractivity (Wildman–Crippen MR) is 170 cm³/mol. The first kappa shape index (κ1) is 35.0. The maximum Gasteiger partial charge on any atom is 0.196 e. The van der Waals surface area contributed by atoms with E-state index in [-0.39, 0.29) is 29.0 Å². The molecule has 0 aliphatic carbocycles. The molecular weight excluding hydrogens is 558 g/mol. The van der Waals surface area contributed by atoms with Crippen LogP contribution in [-0.2, 0) is 11.2 Å². The van der Waals surface area contributed by atoms with Crippen LogP contribution in [0.15, 0.2) is 57.3 Å². The molecule has 0 saturated carbocycles. The van der Waals surface area contributed by atoms with Crippen molar-refractivity contribution in [2.24, 2.45) is 0 Å². The predicted octanol–water partition coefficient (Wildman–Crippen LogP) is 6.71. The molecule has 9 heteroatoms. The van der Waals surface area contributed by atoms with Crippen LogP contribution in [0.25, 0.3) is 11.0 Å². The number of benzene rings is 2. The van der Waals surface area contributed by atoms with E-state index in [1.807, 2.05) is 44.2 Å². The normalized spacial score (nSPS) is 13.0. The van der Waals surface area contributed by atoms with Gasteiger partial charge in [-0.2, -0.15) is 0 Å². The molecule has 8 nitrogen and oxygen atoms in total. The van der Waals surface area contributed by atoms with Gasteiger partial charge in [0.15, 0.2) is 5.43 Å². The van der Waals surface area contributed by atoms with Crippen molar-refractivity contribution in [3.8, 4) is 23.0 Å². The molecule has 1 saturated heterocycles. The number of aromatic hydroxyl groups is 1. The van der Waals surface area contributed by atoms with Crippen molar-refractivity contribution in [3.05, 3.63) is 69.6 Å². The number of ether oxygens (including phenoxy) is 4. The molecule has 0 unspecified atom stereocenters. The first-order valence-corrected chi connectivity index (χ1v) is 14.4. The minimum absolute atomic E-state index is 0. The van der Waals surface area contributed by atoms with Crippen LogP contribution in [0.1, 0.15) is 51.4 Å².